The van der Waals surface area contributed by atoms with Crippen LogP contribution >= 0.6 is 11.8 Å². The van der Waals surface area contributed by atoms with Crippen molar-refractivity contribution in [2.45, 2.75) is 6.10 Å². The summed E-state index contributed by atoms with van der Waals surface area (Å²) in [6.45, 7) is 1.62. The second kappa shape index (κ2) is 7.77. The van der Waals surface area contributed by atoms with E-state index in [0.29, 0.717) is 19.8 Å². The molecule has 128 valence electrons. The highest BCUT2D eigenvalue weighted by Gasteiger charge is 2.32. The first-order valence-electron chi connectivity index (χ1n) is 7.84. The summed E-state index contributed by atoms with van der Waals surface area (Å²) in [5, 5.41) is 2.15. The average molecular weight is 347 g/mol. The molecule has 1 aliphatic heterocycles. The van der Waals surface area contributed by atoms with Crippen LogP contribution in [0.15, 0.2) is 36.4 Å². The molecule has 1 saturated heterocycles. The smallest absolute Gasteiger partial charge is 0.414 e. The monoisotopic (exact) mass is 347 g/mol. The van der Waals surface area contributed by atoms with Crippen molar-refractivity contribution in [3.05, 3.63) is 36.4 Å². The van der Waals surface area contributed by atoms with Crippen molar-refractivity contribution < 1.29 is 19.0 Å². The second-order valence-electron chi connectivity index (χ2n) is 5.61. The molecule has 0 N–H and O–H groups in total. The van der Waals surface area contributed by atoms with Crippen LogP contribution in [0.2, 0.25) is 0 Å². The molecule has 1 amide bonds. The van der Waals surface area contributed by atoms with Gasteiger partial charge in [0.1, 0.15) is 11.9 Å². The number of nitrogens with zero attached hydrogens (tertiary/aromatic N) is 1. The van der Waals surface area contributed by atoms with Crippen LogP contribution in [-0.2, 0) is 9.47 Å². The number of carbonyl (C=O) groups excluding carboxylic acids is 1. The number of thioether (sulfide) groups is 1. The molecule has 3 rings (SSSR count). The van der Waals surface area contributed by atoms with Crippen molar-refractivity contribution in [2.75, 3.05) is 43.8 Å². The van der Waals surface area contributed by atoms with Crippen LogP contribution in [-0.4, -0.2) is 51.1 Å². The summed E-state index contributed by atoms with van der Waals surface area (Å²) in [4.78, 5) is 13.7. The predicted octanol–water partition coefficient (Wildman–Crippen LogP) is 3.55. The molecule has 2 aromatic carbocycles. The Morgan fingerprint density at radius 2 is 2.04 bits per heavy atom. The van der Waals surface area contributed by atoms with Crippen LogP contribution in [0.3, 0.4) is 0 Å². The standard InChI is InChI=1S/C18H21NO4S/c1-21-12-17-11-19(18(20)23-17)15-5-3-14-10-16(22-7-8-24-2)6-4-13(14)9-15/h3-6,9-10,17H,7-8,11-12H2,1-2H3. The Balaban J connectivity index is 1.76. The summed E-state index contributed by atoms with van der Waals surface area (Å²) >= 11 is 1.76. The molecule has 1 aliphatic rings. The van der Waals surface area contributed by atoms with Gasteiger partial charge in [-0.15, -0.1) is 0 Å². The van der Waals surface area contributed by atoms with E-state index < -0.39 is 0 Å². The number of hydrogen-bond donors (Lipinski definition) is 0. The van der Waals surface area contributed by atoms with Crippen LogP contribution in [0.5, 0.6) is 5.75 Å². The topological polar surface area (TPSA) is 48.0 Å². The lowest BCUT2D eigenvalue weighted by Crippen LogP contribution is -2.25. The van der Waals surface area contributed by atoms with E-state index in [-0.39, 0.29) is 12.2 Å². The molecule has 0 saturated carbocycles. The van der Waals surface area contributed by atoms with Gasteiger partial charge in [-0.3, -0.25) is 4.90 Å². The highest BCUT2D eigenvalue weighted by molar-refractivity contribution is 7.98. The maximum absolute atomic E-state index is 12.0. The highest BCUT2D eigenvalue weighted by atomic mass is 32.2. The van der Waals surface area contributed by atoms with Gasteiger partial charge in [0, 0.05) is 18.6 Å². The Bertz CT molecular complexity index is 721. The van der Waals surface area contributed by atoms with Crippen molar-refractivity contribution in [2.24, 2.45) is 0 Å². The Morgan fingerprint density at radius 1 is 1.25 bits per heavy atom. The van der Waals surface area contributed by atoms with E-state index in [1.807, 2.05) is 36.4 Å². The SMILES string of the molecule is COCC1CN(c2ccc3cc(OCCSC)ccc3c2)C(=O)O1. The Labute approximate surface area is 145 Å². The summed E-state index contributed by atoms with van der Waals surface area (Å²) in [6.07, 6.45) is 1.52. The molecule has 1 fully saturated rings. The lowest BCUT2D eigenvalue weighted by molar-refractivity contribution is 0.0718. The zero-order valence-corrected chi connectivity index (χ0v) is 14.7. The minimum Gasteiger partial charge on any atom is -0.493 e. The number of ether oxygens (including phenoxy) is 3. The molecule has 2 aromatic rings. The summed E-state index contributed by atoms with van der Waals surface area (Å²) in [5.74, 6) is 1.83. The average Bonchev–Trinajstić information content (AvgIpc) is 2.95. The fourth-order valence-corrected chi connectivity index (χ4v) is 2.97. The van der Waals surface area contributed by atoms with E-state index in [1.165, 1.54) is 0 Å². The van der Waals surface area contributed by atoms with Gasteiger partial charge in [-0.1, -0.05) is 12.1 Å². The van der Waals surface area contributed by atoms with E-state index >= 15 is 0 Å². The molecular formula is C18H21NO4S. The molecular weight excluding hydrogens is 326 g/mol. The Kier molecular flexibility index (Phi) is 5.48. The van der Waals surface area contributed by atoms with Crippen molar-refractivity contribution in [1.29, 1.82) is 0 Å². The number of fused-ring (bicyclic) bond motifs is 1. The number of anilines is 1. The third-order valence-corrected chi connectivity index (χ3v) is 4.46. The molecule has 1 atom stereocenters. The largest absolute Gasteiger partial charge is 0.493 e. The summed E-state index contributed by atoms with van der Waals surface area (Å²) in [7, 11) is 1.60. The normalized spacial score (nSPS) is 17.3. The fourth-order valence-electron chi connectivity index (χ4n) is 2.72. The number of cyclic esters (lactones) is 1. The van der Waals surface area contributed by atoms with Gasteiger partial charge in [0.2, 0.25) is 0 Å². The molecule has 0 aromatic heterocycles. The predicted molar refractivity (Wildman–Crippen MR) is 97.3 cm³/mol. The second-order valence-corrected chi connectivity index (χ2v) is 6.59. The number of rotatable bonds is 7. The molecule has 24 heavy (non-hydrogen) atoms. The third-order valence-electron chi connectivity index (χ3n) is 3.89. The van der Waals surface area contributed by atoms with Crippen molar-refractivity contribution in [3.63, 3.8) is 0 Å². The zero-order chi connectivity index (χ0) is 16.9. The number of amides is 1. The van der Waals surface area contributed by atoms with Gasteiger partial charge in [0.25, 0.3) is 0 Å². The Morgan fingerprint density at radius 3 is 2.83 bits per heavy atom. The van der Waals surface area contributed by atoms with Crippen molar-refractivity contribution in [3.8, 4) is 5.75 Å². The maximum atomic E-state index is 12.0. The van der Waals surface area contributed by atoms with E-state index in [1.54, 1.807) is 23.8 Å². The van der Waals surface area contributed by atoms with Crippen LogP contribution in [0.25, 0.3) is 10.8 Å². The first-order valence-corrected chi connectivity index (χ1v) is 9.23. The molecule has 5 nitrogen and oxygen atoms in total. The van der Waals surface area contributed by atoms with Crippen LogP contribution in [0.1, 0.15) is 0 Å². The van der Waals surface area contributed by atoms with E-state index in [2.05, 4.69) is 6.26 Å². The molecule has 1 unspecified atom stereocenters. The maximum Gasteiger partial charge on any atom is 0.414 e. The van der Waals surface area contributed by atoms with Gasteiger partial charge in [0.15, 0.2) is 0 Å². The summed E-state index contributed by atoms with van der Waals surface area (Å²) in [6, 6.07) is 11.9. The zero-order valence-electron chi connectivity index (χ0n) is 13.9. The van der Waals surface area contributed by atoms with Gasteiger partial charge in [-0.05, 0) is 41.3 Å². The lowest BCUT2D eigenvalue weighted by atomic mass is 10.1. The molecule has 0 spiro atoms. The van der Waals surface area contributed by atoms with Crippen LogP contribution < -0.4 is 9.64 Å². The quantitative estimate of drug-likeness (QED) is 0.717. The first kappa shape index (κ1) is 16.9. The van der Waals surface area contributed by atoms with Crippen LogP contribution in [0, 0.1) is 0 Å². The fraction of sp³-hybridized carbons (Fsp3) is 0.389. The summed E-state index contributed by atoms with van der Waals surface area (Å²) in [5.41, 5.74) is 0.835. The Hall–Kier alpha value is -1.92. The van der Waals surface area contributed by atoms with Gasteiger partial charge in [-0.2, -0.15) is 11.8 Å². The van der Waals surface area contributed by atoms with E-state index in [9.17, 15) is 4.79 Å². The molecule has 1 heterocycles. The minimum absolute atomic E-state index is 0.217. The van der Waals surface area contributed by atoms with Gasteiger partial charge < -0.3 is 14.2 Å². The molecule has 0 bridgehead atoms. The van der Waals surface area contributed by atoms with E-state index in [0.717, 1.165) is 28.0 Å². The third kappa shape index (κ3) is 3.76. The van der Waals surface area contributed by atoms with Crippen molar-refractivity contribution >= 4 is 34.3 Å². The van der Waals surface area contributed by atoms with Crippen molar-refractivity contribution in [1.82, 2.24) is 0 Å². The summed E-state index contributed by atoms with van der Waals surface area (Å²) < 4.78 is 16.1. The number of hydrogen-bond acceptors (Lipinski definition) is 5. The lowest BCUT2D eigenvalue weighted by Gasteiger charge is -2.14. The minimum atomic E-state index is -0.326. The van der Waals surface area contributed by atoms with E-state index in [4.69, 9.17) is 14.2 Å². The number of methoxy groups -OCH3 is 1. The number of carbonyl (C=O) groups is 1. The molecule has 6 heteroatoms. The first-order chi connectivity index (χ1) is 11.7. The van der Waals surface area contributed by atoms with Gasteiger partial charge >= 0.3 is 6.09 Å². The van der Waals surface area contributed by atoms with Gasteiger partial charge in [0.05, 0.1) is 19.8 Å². The number of benzene rings is 2. The molecule has 0 radical (unpaired) electrons. The van der Waals surface area contributed by atoms with Crippen LogP contribution in [0.4, 0.5) is 10.5 Å². The molecule has 0 aliphatic carbocycles. The van der Waals surface area contributed by atoms with Gasteiger partial charge in [-0.25, -0.2) is 4.79 Å². The highest BCUT2D eigenvalue weighted by Crippen LogP contribution is 2.28.